The zero-order valence-corrected chi connectivity index (χ0v) is 17.4. The third kappa shape index (κ3) is 4.02. The number of hydrogen-bond donors (Lipinski definition) is 2. The van der Waals surface area contributed by atoms with Gasteiger partial charge in [0.25, 0.3) is 0 Å². The standard InChI is InChI=1S/C24H22N4O4/c1-2-32-19-14-17(13-18(23(19)29)28(30)31)22-20(15-9-5-3-6-10-15)21(26-24(25)27-22)16-11-7-4-8-12-16/h3-14,20,22,29H,2H2,1H3,(H2,25,27). The number of hydrogen-bond acceptors (Lipinski definition) is 7. The van der Waals surface area contributed by atoms with Gasteiger partial charge in [-0.25, -0.2) is 9.98 Å². The topological polar surface area (TPSA) is 123 Å². The lowest BCUT2D eigenvalue weighted by atomic mass is 9.80. The van der Waals surface area contributed by atoms with Crippen LogP contribution in [0.5, 0.6) is 11.5 Å². The molecule has 1 heterocycles. The molecular weight excluding hydrogens is 408 g/mol. The summed E-state index contributed by atoms with van der Waals surface area (Å²) < 4.78 is 5.47. The predicted octanol–water partition coefficient (Wildman–Crippen LogP) is 4.34. The van der Waals surface area contributed by atoms with E-state index in [0.717, 1.165) is 11.1 Å². The highest BCUT2D eigenvalue weighted by atomic mass is 16.6. The maximum atomic E-state index is 11.6. The second kappa shape index (κ2) is 8.89. The minimum Gasteiger partial charge on any atom is -0.500 e. The lowest BCUT2D eigenvalue weighted by Gasteiger charge is -2.30. The van der Waals surface area contributed by atoms with Crippen LogP contribution in [0.3, 0.4) is 0 Å². The first kappa shape index (κ1) is 21.0. The molecule has 0 spiro atoms. The molecule has 0 bridgehead atoms. The van der Waals surface area contributed by atoms with Crippen molar-refractivity contribution < 1.29 is 14.8 Å². The van der Waals surface area contributed by atoms with Gasteiger partial charge in [-0.1, -0.05) is 60.7 Å². The number of phenols is 1. The van der Waals surface area contributed by atoms with E-state index in [0.29, 0.717) is 11.3 Å². The van der Waals surface area contributed by atoms with Crippen molar-refractivity contribution in [3.05, 3.63) is 99.6 Å². The van der Waals surface area contributed by atoms with Gasteiger partial charge in [0.05, 0.1) is 29.2 Å². The third-order valence-electron chi connectivity index (χ3n) is 5.26. The highest BCUT2D eigenvalue weighted by molar-refractivity contribution is 6.12. The van der Waals surface area contributed by atoms with Crippen LogP contribution in [0.15, 0.2) is 82.8 Å². The molecule has 8 nitrogen and oxygen atoms in total. The second-order valence-electron chi connectivity index (χ2n) is 7.26. The van der Waals surface area contributed by atoms with Gasteiger partial charge in [-0.15, -0.1) is 0 Å². The number of nitro benzene ring substituents is 1. The van der Waals surface area contributed by atoms with Crippen LogP contribution in [0.1, 0.15) is 35.6 Å². The Kier molecular flexibility index (Phi) is 5.85. The van der Waals surface area contributed by atoms with E-state index < -0.39 is 22.4 Å². The summed E-state index contributed by atoms with van der Waals surface area (Å²) in [5.74, 6) is -0.762. The summed E-state index contributed by atoms with van der Waals surface area (Å²) in [6, 6.07) is 21.6. The molecule has 3 N–H and O–H groups in total. The van der Waals surface area contributed by atoms with E-state index >= 15 is 0 Å². The van der Waals surface area contributed by atoms with Gasteiger partial charge in [0.15, 0.2) is 5.75 Å². The van der Waals surface area contributed by atoms with Crippen LogP contribution >= 0.6 is 0 Å². The number of phenolic OH excluding ortho intramolecular Hbond substituents is 1. The molecule has 1 aliphatic rings. The fourth-order valence-electron chi connectivity index (χ4n) is 3.90. The number of ether oxygens (including phenoxy) is 1. The first-order valence-corrected chi connectivity index (χ1v) is 10.2. The summed E-state index contributed by atoms with van der Waals surface area (Å²) in [7, 11) is 0. The molecule has 32 heavy (non-hydrogen) atoms. The summed E-state index contributed by atoms with van der Waals surface area (Å²) >= 11 is 0. The number of aliphatic imine (C=N–C) groups is 2. The van der Waals surface area contributed by atoms with Crippen LogP contribution in [0.25, 0.3) is 0 Å². The van der Waals surface area contributed by atoms with E-state index in [1.54, 1.807) is 13.0 Å². The minimum atomic E-state index is -0.638. The van der Waals surface area contributed by atoms with Gasteiger partial charge in [-0.05, 0) is 29.7 Å². The minimum absolute atomic E-state index is 0.0288. The molecule has 3 aromatic carbocycles. The summed E-state index contributed by atoms with van der Waals surface area (Å²) in [5, 5.41) is 21.9. The molecule has 2 unspecified atom stereocenters. The van der Waals surface area contributed by atoms with Gasteiger partial charge >= 0.3 is 5.69 Å². The first-order valence-electron chi connectivity index (χ1n) is 10.2. The van der Waals surface area contributed by atoms with Crippen LogP contribution in [0.4, 0.5) is 5.69 Å². The predicted molar refractivity (Wildman–Crippen MR) is 122 cm³/mol. The van der Waals surface area contributed by atoms with Crippen molar-refractivity contribution in [3.8, 4) is 11.5 Å². The lowest BCUT2D eigenvalue weighted by molar-refractivity contribution is -0.386. The second-order valence-corrected chi connectivity index (χ2v) is 7.26. The number of aromatic hydroxyl groups is 1. The van der Waals surface area contributed by atoms with Crippen molar-refractivity contribution in [2.75, 3.05) is 6.61 Å². The fourth-order valence-corrected chi connectivity index (χ4v) is 3.90. The van der Waals surface area contributed by atoms with Crippen LogP contribution in [-0.4, -0.2) is 28.3 Å². The molecule has 162 valence electrons. The summed E-state index contributed by atoms with van der Waals surface area (Å²) in [5.41, 5.74) is 8.68. The third-order valence-corrected chi connectivity index (χ3v) is 5.26. The Labute approximate surface area is 184 Å². The highest BCUT2D eigenvalue weighted by Crippen LogP contribution is 2.45. The molecule has 0 saturated heterocycles. The van der Waals surface area contributed by atoms with E-state index in [4.69, 9.17) is 10.5 Å². The van der Waals surface area contributed by atoms with E-state index in [1.165, 1.54) is 6.07 Å². The highest BCUT2D eigenvalue weighted by Gasteiger charge is 2.35. The van der Waals surface area contributed by atoms with E-state index in [1.807, 2.05) is 60.7 Å². The molecule has 2 atom stereocenters. The lowest BCUT2D eigenvalue weighted by Crippen LogP contribution is -2.29. The van der Waals surface area contributed by atoms with Crippen LogP contribution in [0.2, 0.25) is 0 Å². The first-order chi connectivity index (χ1) is 15.5. The molecule has 0 amide bonds. The van der Waals surface area contributed by atoms with Gasteiger partial charge < -0.3 is 15.6 Å². The molecule has 0 radical (unpaired) electrons. The summed E-state index contributed by atoms with van der Waals surface area (Å²) in [6.45, 7) is 1.98. The normalized spacial score (nSPS) is 17.9. The van der Waals surface area contributed by atoms with Gasteiger partial charge in [0, 0.05) is 6.07 Å². The zero-order chi connectivity index (χ0) is 22.7. The van der Waals surface area contributed by atoms with Gasteiger partial charge in [0.2, 0.25) is 11.7 Å². The average Bonchev–Trinajstić information content (AvgIpc) is 2.81. The van der Waals surface area contributed by atoms with E-state index in [2.05, 4.69) is 9.98 Å². The SMILES string of the molecule is CCOc1cc(C2N=C(N)N=C(c3ccccc3)C2c2ccccc2)cc([N+](=O)[O-])c1O. The van der Waals surface area contributed by atoms with E-state index in [-0.39, 0.29) is 24.2 Å². The van der Waals surface area contributed by atoms with Crippen molar-refractivity contribution in [1.82, 2.24) is 0 Å². The van der Waals surface area contributed by atoms with Crippen molar-refractivity contribution in [3.63, 3.8) is 0 Å². The van der Waals surface area contributed by atoms with Crippen molar-refractivity contribution in [1.29, 1.82) is 0 Å². The van der Waals surface area contributed by atoms with Crippen molar-refractivity contribution in [2.45, 2.75) is 18.9 Å². The monoisotopic (exact) mass is 430 g/mol. The van der Waals surface area contributed by atoms with E-state index in [9.17, 15) is 15.2 Å². The Balaban J connectivity index is 1.93. The molecule has 1 aliphatic heterocycles. The molecule has 4 rings (SSSR count). The van der Waals surface area contributed by atoms with Crippen molar-refractivity contribution >= 4 is 17.4 Å². The fraction of sp³-hybridized carbons (Fsp3) is 0.167. The number of nitro groups is 1. The molecule has 3 aromatic rings. The molecule has 0 fully saturated rings. The Morgan fingerprint density at radius 3 is 2.34 bits per heavy atom. The number of guanidine groups is 1. The summed E-state index contributed by atoms with van der Waals surface area (Å²) in [4.78, 5) is 20.1. The Hall–Kier alpha value is -4.20. The maximum absolute atomic E-state index is 11.6. The zero-order valence-electron chi connectivity index (χ0n) is 17.4. The molecular formula is C24H22N4O4. The maximum Gasteiger partial charge on any atom is 0.315 e. The quantitative estimate of drug-likeness (QED) is 0.445. The smallest absolute Gasteiger partial charge is 0.315 e. The number of benzene rings is 3. The van der Waals surface area contributed by atoms with Crippen LogP contribution in [-0.2, 0) is 0 Å². The van der Waals surface area contributed by atoms with Gasteiger partial charge in [0.1, 0.15) is 0 Å². The Morgan fingerprint density at radius 2 is 1.72 bits per heavy atom. The largest absolute Gasteiger partial charge is 0.500 e. The Morgan fingerprint density at radius 1 is 1.06 bits per heavy atom. The number of rotatable bonds is 6. The Bertz CT molecular complexity index is 1190. The average molecular weight is 430 g/mol. The summed E-state index contributed by atoms with van der Waals surface area (Å²) in [6.07, 6.45) is 0. The molecule has 0 aliphatic carbocycles. The number of nitrogens with two attached hydrogens (primary N) is 1. The van der Waals surface area contributed by atoms with Crippen molar-refractivity contribution in [2.24, 2.45) is 15.7 Å². The van der Waals surface area contributed by atoms with Gasteiger partial charge in [-0.3, -0.25) is 10.1 Å². The number of nitrogens with zero attached hydrogens (tertiary/aromatic N) is 3. The molecule has 8 heteroatoms. The van der Waals surface area contributed by atoms with Crippen LogP contribution < -0.4 is 10.5 Å². The molecule has 0 aromatic heterocycles. The molecule has 0 saturated carbocycles. The van der Waals surface area contributed by atoms with Gasteiger partial charge in [-0.2, -0.15) is 0 Å². The van der Waals surface area contributed by atoms with Crippen LogP contribution in [0, 0.1) is 10.1 Å².